The second-order valence-electron chi connectivity index (χ2n) is 6.77. The third-order valence-electron chi connectivity index (χ3n) is 5.09. The first-order valence-corrected chi connectivity index (χ1v) is 8.53. The fourth-order valence-corrected chi connectivity index (χ4v) is 3.62. The smallest absolute Gasteiger partial charge is 0.280 e. The number of rotatable bonds is 2. The molecule has 0 spiro atoms. The van der Waals surface area contributed by atoms with Crippen LogP contribution in [0.3, 0.4) is 0 Å². The molecular weight excluding hydrogens is 332 g/mol. The van der Waals surface area contributed by atoms with E-state index in [0.29, 0.717) is 30.8 Å². The summed E-state index contributed by atoms with van der Waals surface area (Å²) in [7, 11) is 1.69. The van der Waals surface area contributed by atoms with Gasteiger partial charge in [0.15, 0.2) is 11.4 Å². The molecule has 0 radical (unpaired) electrons. The van der Waals surface area contributed by atoms with E-state index in [2.05, 4.69) is 5.10 Å². The first-order chi connectivity index (χ1) is 12.4. The minimum atomic E-state index is -0.385. The number of fused-ring (bicyclic) bond motifs is 3. The Balaban J connectivity index is 1.96. The molecule has 7 heteroatoms. The number of likely N-dealkylation sites (N-methyl/N-ethyl adjacent to an activating group) is 1. The molecule has 3 heterocycles. The fraction of sp³-hybridized carbons (Fsp3) is 0.316. The summed E-state index contributed by atoms with van der Waals surface area (Å²) < 4.78 is 3.08. The summed E-state index contributed by atoms with van der Waals surface area (Å²) in [6.45, 7) is 5.15. The molecule has 0 bridgehead atoms. The number of aryl methyl sites for hydroxylation is 2. The normalized spacial score (nSPS) is 14.1. The van der Waals surface area contributed by atoms with Crippen LogP contribution in [0.2, 0.25) is 0 Å². The van der Waals surface area contributed by atoms with E-state index in [9.17, 15) is 14.7 Å². The van der Waals surface area contributed by atoms with E-state index in [-0.39, 0.29) is 28.3 Å². The Labute approximate surface area is 150 Å². The van der Waals surface area contributed by atoms with Gasteiger partial charge in [0, 0.05) is 20.1 Å². The lowest BCUT2D eigenvalue weighted by atomic mass is 10.1. The zero-order valence-corrected chi connectivity index (χ0v) is 15.0. The molecule has 26 heavy (non-hydrogen) atoms. The first-order valence-electron chi connectivity index (χ1n) is 8.53. The van der Waals surface area contributed by atoms with Gasteiger partial charge < -0.3 is 14.6 Å². The van der Waals surface area contributed by atoms with Crippen molar-refractivity contribution >= 4 is 16.8 Å². The van der Waals surface area contributed by atoms with Crippen LogP contribution in [-0.4, -0.2) is 43.9 Å². The highest BCUT2D eigenvalue weighted by Gasteiger charge is 2.31. The van der Waals surface area contributed by atoms with Crippen LogP contribution in [0.25, 0.3) is 10.9 Å². The molecular formula is C19H20N4O3. The topological polar surface area (TPSA) is 80.4 Å². The van der Waals surface area contributed by atoms with Crippen LogP contribution in [0.15, 0.2) is 29.1 Å². The largest absolute Gasteiger partial charge is 0.505 e. The lowest BCUT2D eigenvalue weighted by Crippen LogP contribution is -2.37. The van der Waals surface area contributed by atoms with Crippen LogP contribution in [0.1, 0.15) is 27.3 Å². The van der Waals surface area contributed by atoms with E-state index in [1.165, 1.54) is 4.68 Å². The predicted molar refractivity (Wildman–Crippen MR) is 97.6 cm³/mol. The Morgan fingerprint density at radius 3 is 2.62 bits per heavy atom. The number of aromatic hydroxyl groups is 1. The Morgan fingerprint density at radius 1 is 1.15 bits per heavy atom. The molecule has 0 saturated carbocycles. The number of carbonyl (C=O) groups excluding carboxylic acids is 1. The van der Waals surface area contributed by atoms with Gasteiger partial charge in [-0.1, -0.05) is 24.3 Å². The Bertz CT molecular complexity index is 1110. The summed E-state index contributed by atoms with van der Waals surface area (Å²) in [6.07, 6.45) is 0. The standard InChI is InChI=1S/C19H20N4O3/c1-11-6-4-5-7-13(11)10-23-18(25)14-15(12(2)20-23)22-9-8-21(3)19(26)16(22)17(14)24/h4-7,24H,8-10H2,1-3H3. The van der Waals surface area contributed by atoms with Crippen molar-refractivity contribution in [3.63, 3.8) is 0 Å². The number of amides is 1. The van der Waals surface area contributed by atoms with E-state index < -0.39 is 0 Å². The Kier molecular flexibility index (Phi) is 3.61. The lowest BCUT2D eigenvalue weighted by molar-refractivity contribution is 0.0747. The van der Waals surface area contributed by atoms with E-state index >= 15 is 0 Å². The molecule has 1 N–H and O–H groups in total. The maximum Gasteiger partial charge on any atom is 0.280 e. The summed E-state index contributed by atoms with van der Waals surface area (Å²) >= 11 is 0. The van der Waals surface area contributed by atoms with Crippen molar-refractivity contribution in [3.8, 4) is 5.75 Å². The quantitative estimate of drug-likeness (QED) is 0.761. The van der Waals surface area contributed by atoms with Crippen molar-refractivity contribution in [1.29, 1.82) is 0 Å². The highest BCUT2D eigenvalue weighted by Crippen LogP contribution is 2.33. The molecule has 1 aliphatic rings. The number of hydrogen-bond acceptors (Lipinski definition) is 4. The van der Waals surface area contributed by atoms with Gasteiger partial charge in [-0.3, -0.25) is 9.59 Å². The van der Waals surface area contributed by atoms with Gasteiger partial charge in [0.05, 0.1) is 17.8 Å². The van der Waals surface area contributed by atoms with Gasteiger partial charge in [-0.05, 0) is 25.0 Å². The molecule has 1 amide bonds. The maximum atomic E-state index is 13.0. The highest BCUT2D eigenvalue weighted by molar-refractivity contribution is 6.04. The van der Waals surface area contributed by atoms with Crippen LogP contribution in [0.4, 0.5) is 0 Å². The van der Waals surface area contributed by atoms with Crippen molar-refractivity contribution in [2.24, 2.45) is 0 Å². The van der Waals surface area contributed by atoms with Gasteiger partial charge in [-0.2, -0.15) is 5.10 Å². The molecule has 0 saturated heterocycles. The number of carbonyl (C=O) groups is 1. The summed E-state index contributed by atoms with van der Waals surface area (Å²) in [6, 6.07) is 7.79. The summed E-state index contributed by atoms with van der Waals surface area (Å²) in [5, 5.41) is 15.3. The molecule has 0 atom stereocenters. The molecule has 2 aromatic heterocycles. The fourth-order valence-electron chi connectivity index (χ4n) is 3.62. The van der Waals surface area contributed by atoms with Crippen molar-refractivity contribution in [1.82, 2.24) is 19.2 Å². The minimum absolute atomic E-state index is 0.171. The summed E-state index contributed by atoms with van der Waals surface area (Å²) in [5.41, 5.74) is 3.00. The SMILES string of the molecule is Cc1ccccc1Cn1nc(C)c2c(c(O)c3n2CCN(C)C3=O)c1=O. The average Bonchev–Trinajstić information content (AvgIpc) is 2.91. The van der Waals surface area contributed by atoms with Gasteiger partial charge in [-0.25, -0.2) is 4.68 Å². The van der Waals surface area contributed by atoms with Crippen molar-refractivity contribution < 1.29 is 9.90 Å². The third-order valence-corrected chi connectivity index (χ3v) is 5.09. The van der Waals surface area contributed by atoms with Crippen LogP contribution < -0.4 is 5.56 Å². The second kappa shape index (κ2) is 5.72. The van der Waals surface area contributed by atoms with Crippen LogP contribution >= 0.6 is 0 Å². The Hall–Kier alpha value is -3.09. The summed E-state index contributed by atoms with van der Waals surface area (Å²) in [5.74, 6) is -0.528. The molecule has 0 unspecified atom stereocenters. The highest BCUT2D eigenvalue weighted by atomic mass is 16.3. The number of benzene rings is 1. The molecule has 3 aromatic rings. The van der Waals surface area contributed by atoms with E-state index in [1.807, 2.05) is 31.2 Å². The van der Waals surface area contributed by atoms with Crippen molar-refractivity contribution in [2.75, 3.05) is 13.6 Å². The maximum absolute atomic E-state index is 13.0. The van der Waals surface area contributed by atoms with Gasteiger partial charge >= 0.3 is 0 Å². The predicted octanol–water partition coefficient (Wildman–Crippen LogP) is 1.65. The molecule has 134 valence electrons. The van der Waals surface area contributed by atoms with Crippen LogP contribution in [0, 0.1) is 13.8 Å². The third kappa shape index (κ3) is 2.23. The summed E-state index contributed by atoms with van der Waals surface area (Å²) in [4.78, 5) is 27.0. The second-order valence-corrected chi connectivity index (χ2v) is 6.77. The molecule has 4 rings (SSSR count). The number of hydrogen-bond donors (Lipinski definition) is 1. The van der Waals surface area contributed by atoms with E-state index in [1.54, 1.807) is 23.4 Å². The van der Waals surface area contributed by atoms with Gasteiger partial charge in [0.2, 0.25) is 0 Å². The zero-order valence-electron chi connectivity index (χ0n) is 15.0. The molecule has 7 nitrogen and oxygen atoms in total. The van der Waals surface area contributed by atoms with Gasteiger partial charge in [0.25, 0.3) is 11.5 Å². The van der Waals surface area contributed by atoms with Crippen molar-refractivity contribution in [3.05, 3.63) is 57.1 Å². The van der Waals surface area contributed by atoms with Crippen LogP contribution in [0.5, 0.6) is 5.75 Å². The minimum Gasteiger partial charge on any atom is -0.505 e. The van der Waals surface area contributed by atoms with Crippen molar-refractivity contribution in [2.45, 2.75) is 26.9 Å². The Morgan fingerprint density at radius 2 is 1.88 bits per heavy atom. The van der Waals surface area contributed by atoms with Gasteiger partial charge in [-0.15, -0.1) is 0 Å². The van der Waals surface area contributed by atoms with E-state index in [4.69, 9.17) is 0 Å². The average molecular weight is 352 g/mol. The monoisotopic (exact) mass is 352 g/mol. The van der Waals surface area contributed by atoms with E-state index in [0.717, 1.165) is 11.1 Å². The molecule has 0 fully saturated rings. The first kappa shape index (κ1) is 16.4. The number of aromatic nitrogens is 3. The van der Waals surface area contributed by atoms with Crippen LogP contribution in [-0.2, 0) is 13.1 Å². The molecule has 0 aliphatic carbocycles. The molecule has 1 aromatic carbocycles. The lowest BCUT2D eigenvalue weighted by Gasteiger charge is -2.25. The molecule has 1 aliphatic heterocycles. The number of nitrogens with zero attached hydrogens (tertiary/aromatic N) is 4. The zero-order chi connectivity index (χ0) is 18.6. The van der Waals surface area contributed by atoms with Gasteiger partial charge in [0.1, 0.15) is 5.39 Å².